The number of amides is 1. The van der Waals surface area contributed by atoms with E-state index in [-0.39, 0.29) is 17.9 Å². The summed E-state index contributed by atoms with van der Waals surface area (Å²) in [5, 5.41) is 13.0. The van der Waals surface area contributed by atoms with E-state index in [4.69, 9.17) is 16.3 Å². The summed E-state index contributed by atoms with van der Waals surface area (Å²) in [5.41, 5.74) is 0.508. The molecule has 4 nitrogen and oxygen atoms in total. The molecule has 19 heavy (non-hydrogen) atoms. The average Bonchev–Trinajstić information content (AvgIpc) is 2.82. The van der Waals surface area contributed by atoms with Crippen LogP contribution in [0.2, 0.25) is 5.02 Å². The molecular weight excluding hydrogens is 266 g/mol. The molecule has 1 fully saturated rings. The fourth-order valence-corrected chi connectivity index (χ4v) is 2.58. The maximum Gasteiger partial charge on any atom is 0.251 e. The summed E-state index contributed by atoms with van der Waals surface area (Å²) in [5.74, 6) is 0.474. The number of ether oxygens (including phenoxy) is 1. The molecule has 0 spiro atoms. The van der Waals surface area contributed by atoms with Crippen molar-refractivity contribution in [2.75, 3.05) is 13.7 Å². The van der Waals surface area contributed by atoms with Crippen LogP contribution in [0.1, 0.15) is 29.6 Å². The molecule has 5 heteroatoms. The first-order valence-corrected chi connectivity index (χ1v) is 6.79. The summed E-state index contributed by atoms with van der Waals surface area (Å²) >= 11 is 5.91. The molecule has 2 atom stereocenters. The molecule has 2 N–H and O–H groups in total. The summed E-state index contributed by atoms with van der Waals surface area (Å²) in [7, 11) is 1.51. The predicted molar refractivity (Wildman–Crippen MR) is 73.7 cm³/mol. The van der Waals surface area contributed by atoms with Crippen LogP contribution in [0.4, 0.5) is 0 Å². The van der Waals surface area contributed by atoms with E-state index in [0.29, 0.717) is 22.9 Å². The molecule has 0 radical (unpaired) electrons. The fourth-order valence-electron chi connectivity index (χ4n) is 2.38. The molecule has 104 valence electrons. The zero-order valence-corrected chi connectivity index (χ0v) is 11.6. The normalized spacial score (nSPS) is 22.3. The standard InChI is InChI=1S/C14H18ClNO3/c1-19-13-7-9(5-6-11(13)15)14(18)16-8-10-3-2-4-12(10)17/h5-7,10,12,17H,2-4,8H2,1H3,(H,16,18). The van der Waals surface area contributed by atoms with Gasteiger partial charge in [-0.15, -0.1) is 0 Å². The van der Waals surface area contributed by atoms with E-state index in [9.17, 15) is 9.90 Å². The first-order valence-electron chi connectivity index (χ1n) is 6.41. The number of methoxy groups -OCH3 is 1. The quantitative estimate of drug-likeness (QED) is 0.891. The van der Waals surface area contributed by atoms with Gasteiger partial charge in [0.25, 0.3) is 5.91 Å². The number of benzene rings is 1. The Balaban J connectivity index is 1.96. The largest absolute Gasteiger partial charge is 0.495 e. The highest BCUT2D eigenvalue weighted by Gasteiger charge is 2.25. The van der Waals surface area contributed by atoms with Crippen LogP contribution >= 0.6 is 11.6 Å². The van der Waals surface area contributed by atoms with E-state index in [1.807, 2.05) is 0 Å². The number of aliphatic hydroxyl groups is 1. The minimum Gasteiger partial charge on any atom is -0.495 e. The lowest BCUT2D eigenvalue weighted by atomic mass is 10.1. The molecule has 1 aliphatic rings. The van der Waals surface area contributed by atoms with Gasteiger partial charge in [-0.3, -0.25) is 4.79 Å². The Morgan fingerprint density at radius 2 is 2.32 bits per heavy atom. The second kappa shape index (κ2) is 6.26. The van der Waals surface area contributed by atoms with E-state index >= 15 is 0 Å². The summed E-state index contributed by atoms with van der Waals surface area (Å²) < 4.78 is 5.08. The molecule has 0 bridgehead atoms. The lowest BCUT2D eigenvalue weighted by Gasteiger charge is -2.15. The first-order chi connectivity index (χ1) is 9.11. The minimum atomic E-state index is -0.292. The van der Waals surface area contributed by atoms with Gasteiger partial charge in [0.05, 0.1) is 18.2 Å². The van der Waals surface area contributed by atoms with Crippen LogP contribution in [0.25, 0.3) is 0 Å². The summed E-state index contributed by atoms with van der Waals surface area (Å²) in [6.45, 7) is 0.505. The zero-order chi connectivity index (χ0) is 13.8. The Morgan fingerprint density at radius 1 is 1.53 bits per heavy atom. The summed E-state index contributed by atoms with van der Waals surface area (Å²) in [6, 6.07) is 4.91. The number of rotatable bonds is 4. The number of hydrogen-bond acceptors (Lipinski definition) is 3. The highest BCUT2D eigenvalue weighted by atomic mass is 35.5. The van der Waals surface area contributed by atoms with Crippen LogP contribution in [-0.4, -0.2) is 30.8 Å². The highest BCUT2D eigenvalue weighted by molar-refractivity contribution is 6.32. The second-order valence-corrected chi connectivity index (χ2v) is 5.22. The van der Waals surface area contributed by atoms with E-state index in [2.05, 4.69) is 5.32 Å². The number of carbonyl (C=O) groups is 1. The van der Waals surface area contributed by atoms with Crippen LogP contribution in [0.15, 0.2) is 18.2 Å². The Labute approximate surface area is 117 Å². The van der Waals surface area contributed by atoms with Crippen LogP contribution in [-0.2, 0) is 0 Å². The smallest absolute Gasteiger partial charge is 0.251 e. The lowest BCUT2D eigenvalue weighted by molar-refractivity contribution is 0.0916. The second-order valence-electron chi connectivity index (χ2n) is 4.82. The third-order valence-corrected chi connectivity index (χ3v) is 3.87. The van der Waals surface area contributed by atoms with Crippen molar-refractivity contribution in [3.8, 4) is 5.75 Å². The maximum atomic E-state index is 12.0. The van der Waals surface area contributed by atoms with Crippen LogP contribution in [0.5, 0.6) is 5.75 Å². The van der Waals surface area contributed by atoms with Gasteiger partial charge in [-0.1, -0.05) is 18.0 Å². The van der Waals surface area contributed by atoms with Gasteiger partial charge in [-0.2, -0.15) is 0 Å². The molecule has 1 aromatic rings. The summed E-state index contributed by atoms with van der Waals surface area (Å²) in [6.07, 6.45) is 2.53. The molecule has 1 aromatic carbocycles. The number of carbonyl (C=O) groups excluding carboxylic acids is 1. The predicted octanol–water partition coefficient (Wildman–Crippen LogP) is 2.24. The summed E-state index contributed by atoms with van der Waals surface area (Å²) in [4.78, 5) is 12.0. The molecule has 2 unspecified atom stereocenters. The molecule has 0 heterocycles. The molecule has 1 saturated carbocycles. The van der Waals surface area contributed by atoms with Gasteiger partial charge in [0.15, 0.2) is 0 Å². The van der Waals surface area contributed by atoms with Crippen molar-refractivity contribution in [1.82, 2.24) is 5.32 Å². The van der Waals surface area contributed by atoms with Crippen molar-refractivity contribution in [2.45, 2.75) is 25.4 Å². The third kappa shape index (κ3) is 3.39. The van der Waals surface area contributed by atoms with E-state index < -0.39 is 0 Å². The van der Waals surface area contributed by atoms with Crippen molar-refractivity contribution >= 4 is 17.5 Å². The number of aliphatic hydroxyl groups excluding tert-OH is 1. The van der Waals surface area contributed by atoms with Gasteiger partial charge in [0.1, 0.15) is 5.75 Å². The molecular formula is C14H18ClNO3. The topological polar surface area (TPSA) is 58.6 Å². The van der Waals surface area contributed by atoms with Gasteiger partial charge in [-0.05, 0) is 31.0 Å². The minimum absolute atomic E-state index is 0.165. The van der Waals surface area contributed by atoms with Gasteiger partial charge in [0.2, 0.25) is 0 Å². The fraction of sp³-hybridized carbons (Fsp3) is 0.500. The monoisotopic (exact) mass is 283 g/mol. The molecule has 1 amide bonds. The molecule has 0 aromatic heterocycles. The van der Waals surface area contributed by atoms with Crippen molar-refractivity contribution < 1.29 is 14.6 Å². The van der Waals surface area contributed by atoms with Gasteiger partial charge in [-0.25, -0.2) is 0 Å². The van der Waals surface area contributed by atoms with Gasteiger partial charge >= 0.3 is 0 Å². The maximum absolute atomic E-state index is 12.0. The van der Waals surface area contributed by atoms with E-state index in [1.54, 1.807) is 18.2 Å². The van der Waals surface area contributed by atoms with Crippen molar-refractivity contribution in [3.63, 3.8) is 0 Å². The Bertz CT molecular complexity index is 464. The molecule has 1 aliphatic carbocycles. The van der Waals surface area contributed by atoms with E-state index in [0.717, 1.165) is 19.3 Å². The SMILES string of the molecule is COc1cc(C(=O)NCC2CCCC2O)ccc1Cl. The average molecular weight is 284 g/mol. The van der Waals surface area contributed by atoms with Crippen molar-refractivity contribution in [1.29, 1.82) is 0 Å². The lowest BCUT2D eigenvalue weighted by Crippen LogP contribution is -2.32. The van der Waals surface area contributed by atoms with Crippen LogP contribution in [0.3, 0.4) is 0 Å². The van der Waals surface area contributed by atoms with Crippen LogP contribution < -0.4 is 10.1 Å². The number of halogens is 1. The van der Waals surface area contributed by atoms with Crippen molar-refractivity contribution in [3.05, 3.63) is 28.8 Å². The highest BCUT2D eigenvalue weighted by Crippen LogP contribution is 2.26. The van der Waals surface area contributed by atoms with Crippen LogP contribution in [0, 0.1) is 5.92 Å². The number of hydrogen-bond donors (Lipinski definition) is 2. The Hall–Kier alpha value is -1.26. The van der Waals surface area contributed by atoms with Gasteiger partial charge in [0, 0.05) is 18.0 Å². The number of nitrogens with one attached hydrogen (secondary N) is 1. The zero-order valence-electron chi connectivity index (χ0n) is 10.9. The van der Waals surface area contributed by atoms with Crippen molar-refractivity contribution in [2.24, 2.45) is 5.92 Å². The first kappa shape index (κ1) is 14.2. The molecule has 0 aliphatic heterocycles. The third-order valence-electron chi connectivity index (χ3n) is 3.56. The molecule has 2 rings (SSSR count). The Kier molecular flexibility index (Phi) is 4.66. The van der Waals surface area contributed by atoms with Gasteiger partial charge < -0.3 is 15.2 Å². The molecule has 0 saturated heterocycles. The Morgan fingerprint density at radius 3 is 2.95 bits per heavy atom. The van der Waals surface area contributed by atoms with E-state index in [1.165, 1.54) is 7.11 Å².